The molecule has 2 saturated heterocycles. The Hall–Kier alpha value is -0.890. The number of azide groups is 1. The second-order valence-corrected chi connectivity index (χ2v) is 4.51. The van der Waals surface area contributed by atoms with E-state index in [1.165, 1.54) is 0 Å². The molecule has 5 atom stereocenters. The van der Waals surface area contributed by atoms with Crippen LogP contribution in [0.2, 0.25) is 0 Å². The summed E-state index contributed by atoms with van der Waals surface area (Å²) in [6.45, 7) is 3.02. The fourth-order valence-corrected chi connectivity index (χ4v) is 2.11. The molecule has 0 aromatic rings. The highest BCUT2D eigenvalue weighted by molar-refractivity contribution is 4.97. The second kappa shape index (κ2) is 4.41. The quantitative estimate of drug-likeness (QED) is 0.409. The van der Waals surface area contributed by atoms with Gasteiger partial charge in [0.25, 0.3) is 0 Å². The molecule has 2 aliphatic rings. The summed E-state index contributed by atoms with van der Waals surface area (Å²) in [5.74, 6) is -0.811. The van der Waals surface area contributed by atoms with Crippen LogP contribution in [-0.4, -0.2) is 53.3 Å². The minimum absolute atomic E-state index is 0.408. The van der Waals surface area contributed by atoms with E-state index in [-0.39, 0.29) is 0 Å². The molecule has 2 fully saturated rings. The summed E-state index contributed by atoms with van der Waals surface area (Å²) >= 11 is 0. The second-order valence-electron chi connectivity index (χ2n) is 4.51. The zero-order valence-corrected chi connectivity index (χ0v) is 9.55. The largest absolute Gasteiger partial charge is 0.396 e. The van der Waals surface area contributed by atoms with Gasteiger partial charge in [-0.1, -0.05) is 5.11 Å². The van der Waals surface area contributed by atoms with Gasteiger partial charge in [-0.25, -0.2) is 0 Å². The monoisotopic (exact) mass is 245 g/mol. The van der Waals surface area contributed by atoms with E-state index >= 15 is 0 Å². The van der Waals surface area contributed by atoms with E-state index in [4.69, 9.17) is 24.8 Å². The maximum atomic E-state index is 10.00. The molecule has 96 valence electrons. The third kappa shape index (κ3) is 2.23. The summed E-state index contributed by atoms with van der Waals surface area (Å²) in [5, 5.41) is 22.4. The SMILES string of the molecule is CC1(C)O[C@H]2O[C@H]([C@H](CO)N=[N+]=[N-])[C@@H](O)[C@H]2O1. The maximum Gasteiger partial charge on any atom is 0.190 e. The smallest absolute Gasteiger partial charge is 0.190 e. The molecule has 8 nitrogen and oxygen atoms in total. The van der Waals surface area contributed by atoms with Crippen molar-refractivity contribution in [2.45, 2.75) is 50.3 Å². The van der Waals surface area contributed by atoms with E-state index in [2.05, 4.69) is 10.0 Å². The lowest BCUT2D eigenvalue weighted by molar-refractivity contribution is -0.217. The summed E-state index contributed by atoms with van der Waals surface area (Å²) in [4.78, 5) is 2.60. The fourth-order valence-electron chi connectivity index (χ4n) is 2.11. The Morgan fingerprint density at radius 3 is 2.71 bits per heavy atom. The van der Waals surface area contributed by atoms with Crippen molar-refractivity contribution in [1.29, 1.82) is 0 Å². The summed E-state index contributed by atoms with van der Waals surface area (Å²) in [5.41, 5.74) is 8.35. The topological polar surface area (TPSA) is 117 Å². The van der Waals surface area contributed by atoms with E-state index < -0.39 is 43.0 Å². The van der Waals surface area contributed by atoms with Crippen LogP contribution in [-0.2, 0) is 14.2 Å². The number of rotatable bonds is 3. The van der Waals surface area contributed by atoms with Crippen LogP contribution in [0.3, 0.4) is 0 Å². The van der Waals surface area contributed by atoms with Crippen LogP contribution in [0.15, 0.2) is 5.11 Å². The number of nitrogens with zero attached hydrogens (tertiary/aromatic N) is 3. The molecule has 2 aliphatic heterocycles. The number of aliphatic hydroxyl groups is 2. The lowest BCUT2D eigenvalue weighted by Crippen LogP contribution is -2.41. The Morgan fingerprint density at radius 1 is 1.47 bits per heavy atom. The van der Waals surface area contributed by atoms with Crippen LogP contribution in [0, 0.1) is 0 Å². The first-order valence-electron chi connectivity index (χ1n) is 5.33. The first-order valence-corrected chi connectivity index (χ1v) is 5.33. The van der Waals surface area contributed by atoms with Crippen molar-refractivity contribution in [3.8, 4) is 0 Å². The molecule has 0 radical (unpaired) electrons. The van der Waals surface area contributed by atoms with Gasteiger partial charge < -0.3 is 24.4 Å². The number of ether oxygens (including phenoxy) is 3. The van der Waals surface area contributed by atoms with Gasteiger partial charge in [0.2, 0.25) is 0 Å². The standard InChI is InChI=1S/C9H15N3O5/c1-9(2)16-7-5(14)6(15-8(7)17-9)4(3-13)11-12-10/h4-8,13-14H,3H2,1-2H3/t4-,5+,6+,7+,8+/m0/s1. The third-order valence-electron chi connectivity index (χ3n) is 2.82. The van der Waals surface area contributed by atoms with E-state index in [1.807, 2.05) is 0 Å². The molecule has 17 heavy (non-hydrogen) atoms. The Kier molecular flexibility index (Phi) is 3.26. The maximum absolute atomic E-state index is 10.00. The van der Waals surface area contributed by atoms with Gasteiger partial charge in [0.1, 0.15) is 18.3 Å². The Bertz CT molecular complexity index is 344. The van der Waals surface area contributed by atoms with Crippen molar-refractivity contribution >= 4 is 0 Å². The lowest BCUT2D eigenvalue weighted by atomic mass is 10.1. The molecule has 0 amide bonds. The summed E-state index contributed by atoms with van der Waals surface area (Å²) in [7, 11) is 0. The van der Waals surface area contributed by atoms with Gasteiger partial charge in [-0.3, -0.25) is 0 Å². The van der Waals surface area contributed by atoms with Gasteiger partial charge in [-0.15, -0.1) is 0 Å². The molecule has 0 bridgehead atoms. The van der Waals surface area contributed by atoms with Crippen LogP contribution < -0.4 is 0 Å². The van der Waals surface area contributed by atoms with E-state index in [1.54, 1.807) is 13.8 Å². The third-order valence-corrected chi connectivity index (χ3v) is 2.82. The number of fused-ring (bicyclic) bond motifs is 1. The zero-order chi connectivity index (χ0) is 12.6. The zero-order valence-electron chi connectivity index (χ0n) is 9.55. The van der Waals surface area contributed by atoms with Crippen LogP contribution in [0.4, 0.5) is 0 Å². The van der Waals surface area contributed by atoms with E-state index in [9.17, 15) is 5.11 Å². The van der Waals surface area contributed by atoms with Crippen molar-refractivity contribution in [2.75, 3.05) is 6.61 Å². The van der Waals surface area contributed by atoms with Crippen LogP contribution in [0.5, 0.6) is 0 Å². The van der Waals surface area contributed by atoms with Crippen LogP contribution >= 0.6 is 0 Å². The predicted octanol–water partition coefficient (Wildman–Crippen LogP) is -0.105. The molecular formula is C9H15N3O5. The summed E-state index contributed by atoms with van der Waals surface area (Å²) < 4.78 is 16.3. The Labute approximate surface area is 97.7 Å². The predicted molar refractivity (Wildman–Crippen MR) is 54.7 cm³/mol. The van der Waals surface area contributed by atoms with E-state index in [0.29, 0.717) is 0 Å². The van der Waals surface area contributed by atoms with Crippen molar-refractivity contribution in [3.63, 3.8) is 0 Å². The molecule has 0 spiro atoms. The highest BCUT2D eigenvalue weighted by Crippen LogP contribution is 2.38. The van der Waals surface area contributed by atoms with Gasteiger partial charge >= 0.3 is 0 Å². The normalized spacial score (nSPS) is 40.7. The minimum Gasteiger partial charge on any atom is -0.396 e. The van der Waals surface area contributed by atoms with Gasteiger partial charge in [0.05, 0.1) is 12.6 Å². The number of hydrogen-bond donors (Lipinski definition) is 2. The van der Waals surface area contributed by atoms with Crippen molar-refractivity contribution in [3.05, 3.63) is 10.4 Å². The minimum atomic E-state index is -0.996. The molecular weight excluding hydrogens is 230 g/mol. The Morgan fingerprint density at radius 2 is 2.18 bits per heavy atom. The molecule has 0 saturated carbocycles. The fraction of sp³-hybridized carbons (Fsp3) is 1.00. The molecule has 0 aliphatic carbocycles. The van der Waals surface area contributed by atoms with Crippen molar-refractivity contribution in [1.82, 2.24) is 0 Å². The Balaban J connectivity index is 2.09. The first-order chi connectivity index (χ1) is 7.98. The molecule has 0 aromatic carbocycles. The van der Waals surface area contributed by atoms with Gasteiger partial charge in [0, 0.05) is 4.91 Å². The van der Waals surface area contributed by atoms with Crippen LogP contribution in [0.1, 0.15) is 13.8 Å². The van der Waals surface area contributed by atoms with Gasteiger partial charge in [-0.05, 0) is 19.4 Å². The van der Waals surface area contributed by atoms with E-state index in [0.717, 1.165) is 0 Å². The summed E-state index contributed by atoms with van der Waals surface area (Å²) in [6, 6.07) is -0.851. The summed E-state index contributed by atoms with van der Waals surface area (Å²) in [6.07, 6.45) is -3.14. The van der Waals surface area contributed by atoms with Crippen molar-refractivity contribution in [2.24, 2.45) is 5.11 Å². The molecule has 0 unspecified atom stereocenters. The first kappa shape index (κ1) is 12.6. The number of aliphatic hydroxyl groups excluding tert-OH is 2. The number of hydrogen-bond acceptors (Lipinski definition) is 6. The highest BCUT2D eigenvalue weighted by atomic mass is 16.8. The molecule has 2 heterocycles. The van der Waals surface area contributed by atoms with Gasteiger partial charge in [-0.2, -0.15) is 0 Å². The van der Waals surface area contributed by atoms with Crippen LogP contribution in [0.25, 0.3) is 10.4 Å². The van der Waals surface area contributed by atoms with Gasteiger partial charge in [0.15, 0.2) is 12.1 Å². The highest BCUT2D eigenvalue weighted by Gasteiger charge is 2.55. The molecule has 2 N–H and O–H groups in total. The molecule has 0 aromatic heterocycles. The average molecular weight is 245 g/mol. The molecule has 2 rings (SSSR count). The average Bonchev–Trinajstić information content (AvgIpc) is 2.70. The lowest BCUT2D eigenvalue weighted by Gasteiger charge is -2.25. The molecule has 8 heteroatoms. The van der Waals surface area contributed by atoms with Crippen molar-refractivity contribution < 1.29 is 24.4 Å².